The second kappa shape index (κ2) is 4.15. The molecule has 0 saturated heterocycles. The maximum absolute atomic E-state index is 7.96. The standard InChI is InChI=1S/C14H9ClN2/c15-13-11-8-4-5-9-12(11)16-14(17-13)10-6-2-1-3-7-10/h1-9H/i1D,2D,3D,6D,7D. The normalized spacial score (nSPS) is 14.8. The van der Waals surface area contributed by atoms with Crippen molar-refractivity contribution in [2.45, 2.75) is 0 Å². The number of hydrogen-bond donors (Lipinski definition) is 0. The van der Waals surface area contributed by atoms with Crippen LogP contribution in [0.3, 0.4) is 0 Å². The number of hydrogen-bond acceptors (Lipinski definition) is 2. The Kier molecular flexibility index (Phi) is 1.49. The van der Waals surface area contributed by atoms with E-state index in [2.05, 4.69) is 9.97 Å². The zero-order valence-electron chi connectivity index (χ0n) is 13.6. The van der Waals surface area contributed by atoms with Crippen LogP contribution in [0.4, 0.5) is 0 Å². The smallest absolute Gasteiger partial charge is 0.161 e. The van der Waals surface area contributed by atoms with Crippen molar-refractivity contribution in [3.05, 3.63) is 59.6 Å². The van der Waals surface area contributed by atoms with E-state index in [1.807, 2.05) is 0 Å². The quantitative estimate of drug-likeness (QED) is 0.607. The molecule has 0 unspecified atom stereocenters. The zero-order valence-corrected chi connectivity index (χ0v) is 9.34. The summed E-state index contributed by atoms with van der Waals surface area (Å²) in [6.45, 7) is 0. The van der Waals surface area contributed by atoms with E-state index in [1.54, 1.807) is 24.3 Å². The van der Waals surface area contributed by atoms with Gasteiger partial charge in [0, 0.05) is 10.9 Å². The summed E-state index contributed by atoms with van der Waals surface area (Å²) in [5, 5.41) is 0.813. The van der Waals surface area contributed by atoms with Gasteiger partial charge < -0.3 is 0 Å². The summed E-state index contributed by atoms with van der Waals surface area (Å²) in [6.07, 6.45) is 0. The predicted octanol–water partition coefficient (Wildman–Crippen LogP) is 3.95. The van der Waals surface area contributed by atoms with Crippen LogP contribution in [0.2, 0.25) is 5.15 Å². The first-order chi connectivity index (χ1) is 10.4. The summed E-state index contributed by atoms with van der Waals surface area (Å²) >= 11 is 6.12. The van der Waals surface area contributed by atoms with Crippen LogP contribution < -0.4 is 0 Å². The predicted molar refractivity (Wildman–Crippen MR) is 70.0 cm³/mol. The van der Waals surface area contributed by atoms with E-state index in [1.165, 1.54) is 0 Å². The van der Waals surface area contributed by atoms with Gasteiger partial charge in [-0.05, 0) is 12.1 Å². The first-order valence-corrected chi connectivity index (χ1v) is 5.29. The average molecular weight is 246 g/mol. The maximum atomic E-state index is 7.96. The van der Waals surface area contributed by atoms with Gasteiger partial charge in [0.15, 0.2) is 5.82 Å². The Bertz CT molecular complexity index is 884. The van der Waals surface area contributed by atoms with E-state index >= 15 is 0 Å². The summed E-state index contributed by atoms with van der Waals surface area (Å²) in [4.78, 5) is 8.37. The number of halogens is 1. The van der Waals surface area contributed by atoms with Crippen molar-refractivity contribution in [3.8, 4) is 11.4 Å². The third-order valence-electron chi connectivity index (χ3n) is 2.28. The lowest BCUT2D eigenvalue weighted by atomic mass is 10.2. The van der Waals surface area contributed by atoms with E-state index in [0.29, 0.717) is 10.9 Å². The molecule has 1 heterocycles. The van der Waals surface area contributed by atoms with Crippen LogP contribution in [0.15, 0.2) is 54.5 Å². The van der Waals surface area contributed by atoms with Gasteiger partial charge in [-0.15, -0.1) is 0 Å². The van der Waals surface area contributed by atoms with Crippen LogP contribution in [0.1, 0.15) is 6.85 Å². The molecule has 0 radical (unpaired) electrons. The lowest BCUT2D eigenvalue weighted by molar-refractivity contribution is 1.23. The Balaban J connectivity index is 2.38. The average Bonchev–Trinajstić information content (AvgIpc) is 2.51. The van der Waals surface area contributed by atoms with Crippen molar-refractivity contribution >= 4 is 22.5 Å². The van der Waals surface area contributed by atoms with Crippen molar-refractivity contribution in [3.63, 3.8) is 0 Å². The summed E-state index contributed by atoms with van der Waals surface area (Å²) in [5.74, 6) is 0.0145. The molecule has 0 amide bonds. The van der Waals surface area contributed by atoms with Crippen LogP contribution in [0, 0.1) is 0 Å². The van der Waals surface area contributed by atoms with Gasteiger partial charge in [-0.25, -0.2) is 9.97 Å². The Morgan fingerprint density at radius 1 is 1.00 bits per heavy atom. The highest BCUT2D eigenvalue weighted by atomic mass is 35.5. The molecule has 3 heteroatoms. The Morgan fingerprint density at radius 2 is 1.76 bits per heavy atom. The topological polar surface area (TPSA) is 25.8 Å². The fraction of sp³-hybridized carbons (Fsp3) is 0. The number of benzene rings is 2. The van der Waals surface area contributed by atoms with Crippen LogP contribution in [0.25, 0.3) is 22.3 Å². The van der Waals surface area contributed by atoms with Crippen molar-refractivity contribution < 1.29 is 6.85 Å². The maximum Gasteiger partial charge on any atom is 0.161 e. The van der Waals surface area contributed by atoms with Gasteiger partial charge in [-0.1, -0.05) is 53.9 Å². The molecule has 3 rings (SSSR count). The van der Waals surface area contributed by atoms with Gasteiger partial charge >= 0.3 is 0 Å². The lowest BCUT2D eigenvalue weighted by Gasteiger charge is -2.03. The highest BCUT2D eigenvalue weighted by molar-refractivity contribution is 6.34. The largest absolute Gasteiger partial charge is 0.228 e. The monoisotopic (exact) mass is 245 g/mol. The van der Waals surface area contributed by atoms with Crippen LogP contribution in [0.5, 0.6) is 0 Å². The van der Waals surface area contributed by atoms with Gasteiger partial charge in [0.1, 0.15) is 5.15 Å². The number of fused-ring (bicyclic) bond motifs is 1. The molecule has 2 aromatic carbocycles. The zero-order chi connectivity index (χ0) is 16.0. The molecule has 3 aromatic rings. The molecule has 1 aromatic heterocycles. The van der Waals surface area contributed by atoms with E-state index < -0.39 is 18.1 Å². The molecule has 0 N–H and O–H groups in total. The molecule has 17 heavy (non-hydrogen) atoms. The van der Waals surface area contributed by atoms with Gasteiger partial charge in [0.25, 0.3) is 0 Å². The highest BCUT2D eigenvalue weighted by Crippen LogP contribution is 2.24. The van der Waals surface area contributed by atoms with Crippen LogP contribution >= 0.6 is 11.6 Å². The van der Waals surface area contributed by atoms with E-state index in [0.717, 1.165) is 0 Å². The third-order valence-corrected chi connectivity index (χ3v) is 2.57. The molecule has 0 fully saturated rings. The summed E-state index contributed by atoms with van der Waals surface area (Å²) in [5.41, 5.74) is 0.489. The van der Waals surface area contributed by atoms with Gasteiger partial charge in [-0.3, -0.25) is 0 Å². The number of para-hydroxylation sites is 1. The Morgan fingerprint density at radius 3 is 2.59 bits per heavy atom. The number of aromatic nitrogens is 2. The first kappa shape index (κ1) is 6.12. The minimum Gasteiger partial charge on any atom is -0.228 e. The second-order valence-corrected chi connectivity index (χ2v) is 3.71. The van der Waals surface area contributed by atoms with E-state index in [-0.39, 0.29) is 28.6 Å². The van der Waals surface area contributed by atoms with Crippen LogP contribution in [-0.4, -0.2) is 9.97 Å². The highest BCUT2D eigenvalue weighted by Gasteiger charge is 2.06. The second-order valence-electron chi connectivity index (χ2n) is 3.36. The van der Waals surface area contributed by atoms with Crippen molar-refractivity contribution in [2.24, 2.45) is 0 Å². The SMILES string of the molecule is [2H]c1c([2H])c([2H])c(-c2nc(Cl)c3ccccc3n2)c([2H])c1[2H]. The summed E-state index contributed by atoms with van der Waals surface area (Å²) in [6, 6.07) is 5.04. The molecular weight excluding hydrogens is 232 g/mol. The van der Waals surface area contributed by atoms with E-state index in [4.69, 9.17) is 18.5 Å². The van der Waals surface area contributed by atoms with Gasteiger partial charge in [-0.2, -0.15) is 0 Å². The van der Waals surface area contributed by atoms with Gasteiger partial charge in [0.05, 0.1) is 12.4 Å². The third kappa shape index (κ3) is 1.87. The minimum absolute atomic E-state index is 0.0145. The van der Waals surface area contributed by atoms with Gasteiger partial charge in [0.2, 0.25) is 0 Å². The molecule has 0 saturated carbocycles. The Hall–Kier alpha value is -1.93. The fourth-order valence-corrected chi connectivity index (χ4v) is 1.75. The molecule has 0 atom stereocenters. The molecule has 82 valence electrons. The molecule has 0 aliphatic rings. The van der Waals surface area contributed by atoms with Crippen molar-refractivity contribution in [1.82, 2.24) is 9.97 Å². The Labute approximate surface area is 111 Å². The first-order valence-electron chi connectivity index (χ1n) is 7.41. The minimum atomic E-state index is -0.453. The molecule has 0 aliphatic heterocycles. The van der Waals surface area contributed by atoms with Crippen molar-refractivity contribution in [2.75, 3.05) is 0 Å². The van der Waals surface area contributed by atoms with Crippen molar-refractivity contribution in [1.29, 1.82) is 0 Å². The lowest BCUT2D eigenvalue weighted by Crippen LogP contribution is -1.91. The molecule has 0 bridgehead atoms. The summed E-state index contributed by atoms with van der Waals surface area (Å²) < 4.78 is 38.9. The van der Waals surface area contributed by atoms with E-state index in [9.17, 15) is 0 Å². The number of nitrogens with zero attached hydrogens (tertiary/aromatic N) is 2. The van der Waals surface area contributed by atoms with Crippen LogP contribution in [-0.2, 0) is 0 Å². The molecular formula is C14H9ClN2. The fourth-order valence-electron chi connectivity index (χ4n) is 1.51. The molecule has 0 spiro atoms. The molecule has 2 nitrogen and oxygen atoms in total. The molecule has 0 aliphatic carbocycles. The number of rotatable bonds is 1. The summed E-state index contributed by atoms with van der Waals surface area (Å²) in [7, 11) is 0.